The van der Waals surface area contributed by atoms with Crippen LogP contribution in [0.3, 0.4) is 0 Å². The second kappa shape index (κ2) is 6.64. The summed E-state index contributed by atoms with van der Waals surface area (Å²) in [5.41, 5.74) is 0.616. The maximum absolute atomic E-state index is 13.6. The molecule has 1 aliphatic carbocycles. The van der Waals surface area contributed by atoms with Crippen LogP contribution in [-0.2, 0) is 11.3 Å². The van der Waals surface area contributed by atoms with E-state index >= 15 is 0 Å². The van der Waals surface area contributed by atoms with Crippen LogP contribution < -0.4 is 5.32 Å². The van der Waals surface area contributed by atoms with Crippen LogP contribution in [0.1, 0.15) is 31.2 Å². The SMILES string of the molecule is CNC1CCCCC1OCc1cc(Br)ccc1F. The molecule has 4 heteroatoms. The minimum Gasteiger partial charge on any atom is -0.372 e. The molecular weight excluding hydrogens is 297 g/mol. The van der Waals surface area contributed by atoms with Crippen LogP contribution in [0.25, 0.3) is 0 Å². The Bertz CT molecular complexity index is 399. The Kier molecular flexibility index (Phi) is 5.15. The number of ether oxygens (including phenoxy) is 1. The normalized spacial score (nSPS) is 24.2. The van der Waals surface area contributed by atoms with E-state index in [-0.39, 0.29) is 11.9 Å². The van der Waals surface area contributed by atoms with Crippen molar-refractivity contribution in [2.75, 3.05) is 7.05 Å². The van der Waals surface area contributed by atoms with E-state index in [2.05, 4.69) is 21.2 Å². The molecule has 0 bridgehead atoms. The van der Waals surface area contributed by atoms with Crippen molar-refractivity contribution in [1.82, 2.24) is 5.32 Å². The summed E-state index contributed by atoms with van der Waals surface area (Å²) in [5, 5.41) is 3.29. The first kappa shape index (κ1) is 14.0. The third-order valence-electron chi connectivity index (χ3n) is 3.53. The van der Waals surface area contributed by atoms with Gasteiger partial charge in [-0.3, -0.25) is 0 Å². The van der Waals surface area contributed by atoms with Crippen LogP contribution in [-0.4, -0.2) is 19.2 Å². The van der Waals surface area contributed by atoms with E-state index in [1.165, 1.54) is 18.9 Å². The summed E-state index contributed by atoms with van der Waals surface area (Å²) >= 11 is 3.35. The molecule has 2 atom stereocenters. The zero-order valence-corrected chi connectivity index (χ0v) is 12.2. The summed E-state index contributed by atoms with van der Waals surface area (Å²) in [7, 11) is 1.96. The number of benzene rings is 1. The largest absolute Gasteiger partial charge is 0.372 e. The molecule has 0 aliphatic heterocycles. The zero-order valence-electron chi connectivity index (χ0n) is 10.6. The fourth-order valence-electron chi connectivity index (χ4n) is 2.48. The highest BCUT2D eigenvalue weighted by Crippen LogP contribution is 2.23. The van der Waals surface area contributed by atoms with Gasteiger partial charge in [0.15, 0.2) is 0 Å². The Labute approximate surface area is 116 Å². The van der Waals surface area contributed by atoms with Crippen molar-refractivity contribution in [3.8, 4) is 0 Å². The van der Waals surface area contributed by atoms with Gasteiger partial charge in [-0.15, -0.1) is 0 Å². The van der Waals surface area contributed by atoms with Gasteiger partial charge in [0, 0.05) is 16.1 Å². The maximum Gasteiger partial charge on any atom is 0.128 e. The highest BCUT2D eigenvalue weighted by molar-refractivity contribution is 9.10. The van der Waals surface area contributed by atoms with Crippen molar-refractivity contribution >= 4 is 15.9 Å². The summed E-state index contributed by atoms with van der Waals surface area (Å²) in [6, 6.07) is 5.36. The molecule has 2 nitrogen and oxygen atoms in total. The van der Waals surface area contributed by atoms with Crippen LogP contribution in [0.2, 0.25) is 0 Å². The van der Waals surface area contributed by atoms with Crippen molar-refractivity contribution in [3.05, 3.63) is 34.1 Å². The molecule has 1 aromatic carbocycles. The lowest BCUT2D eigenvalue weighted by Crippen LogP contribution is -2.41. The summed E-state index contributed by atoms with van der Waals surface area (Å²) in [4.78, 5) is 0. The molecule has 0 aromatic heterocycles. The highest BCUT2D eigenvalue weighted by atomic mass is 79.9. The Balaban J connectivity index is 1.95. The van der Waals surface area contributed by atoms with Crippen molar-refractivity contribution in [2.24, 2.45) is 0 Å². The summed E-state index contributed by atoms with van der Waals surface area (Å²) in [5.74, 6) is -0.199. The lowest BCUT2D eigenvalue weighted by atomic mass is 9.92. The van der Waals surface area contributed by atoms with Crippen LogP contribution in [0.4, 0.5) is 4.39 Å². The first-order valence-electron chi connectivity index (χ1n) is 6.43. The minimum atomic E-state index is -0.199. The van der Waals surface area contributed by atoms with Gasteiger partial charge in [-0.1, -0.05) is 28.8 Å². The average molecular weight is 316 g/mol. The molecule has 1 N–H and O–H groups in total. The van der Waals surface area contributed by atoms with Crippen LogP contribution >= 0.6 is 15.9 Å². The van der Waals surface area contributed by atoms with Crippen LogP contribution in [0.15, 0.2) is 22.7 Å². The fourth-order valence-corrected chi connectivity index (χ4v) is 2.89. The Hall–Kier alpha value is -0.450. The molecule has 1 saturated carbocycles. The predicted octanol–water partition coefficient (Wildman–Crippen LogP) is 3.64. The van der Waals surface area contributed by atoms with E-state index < -0.39 is 0 Å². The molecular formula is C14H19BrFNO. The Morgan fingerprint density at radius 2 is 2.17 bits per heavy atom. The third kappa shape index (κ3) is 3.53. The van der Waals surface area contributed by atoms with Gasteiger partial charge in [-0.05, 0) is 38.1 Å². The second-order valence-electron chi connectivity index (χ2n) is 4.76. The van der Waals surface area contributed by atoms with E-state index in [9.17, 15) is 4.39 Å². The van der Waals surface area contributed by atoms with Crippen LogP contribution in [0.5, 0.6) is 0 Å². The smallest absolute Gasteiger partial charge is 0.128 e. The van der Waals surface area contributed by atoms with E-state index in [4.69, 9.17) is 4.74 Å². The Morgan fingerprint density at radius 1 is 1.39 bits per heavy atom. The topological polar surface area (TPSA) is 21.3 Å². The number of rotatable bonds is 4. The number of hydrogen-bond acceptors (Lipinski definition) is 2. The second-order valence-corrected chi connectivity index (χ2v) is 5.68. The first-order valence-corrected chi connectivity index (χ1v) is 7.23. The Morgan fingerprint density at radius 3 is 2.94 bits per heavy atom. The van der Waals surface area contributed by atoms with E-state index in [1.807, 2.05) is 7.05 Å². The van der Waals surface area contributed by atoms with Crippen molar-refractivity contribution in [1.29, 1.82) is 0 Å². The maximum atomic E-state index is 13.6. The average Bonchev–Trinajstić information content (AvgIpc) is 2.40. The quantitative estimate of drug-likeness (QED) is 0.916. The molecule has 2 unspecified atom stereocenters. The molecule has 0 radical (unpaired) electrons. The van der Waals surface area contributed by atoms with Crippen LogP contribution in [0, 0.1) is 5.82 Å². The van der Waals surface area contributed by atoms with Gasteiger partial charge in [0.2, 0.25) is 0 Å². The van der Waals surface area contributed by atoms with Gasteiger partial charge in [0.1, 0.15) is 5.82 Å². The molecule has 1 aromatic rings. The highest BCUT2D eigenvalue weighted by Gasteiger charge is 2.24. The molecule has 0 amide bonds. The molecule has 0 saturated heterocycles. The van der Waals surface area contributed by atoms with E-state index in [1.54, 1.807) is 12.1 Å². The van der Waals surface area contributed by atoms with E-state index in [0.717, 1.165) is 17.3 Å². The van der Waals surface area contributed by atoms with E-state index in [0.29, 0.717) is 18.2 Å². The number of likely N-dealkylation sites (N-methyl/N-ethyl adjacent to an activating group) is 1. The molecule has 100 valence electrons. The lowest BCUT2D eigenvalue weighted by Gasteiger charge is -2.31. The van der Waals surface area contributed by atoms with Crippen molar-refractivity contribution in [2.45, 2.75) is 44.4 Å². The van der Waals surface area contributed by atoms with Gasteiger partial charge < -0.3 is 10.1 Å². The van der Waals surface area contributed by atoms with Crippen molar-refractivity contribution in [3.63, 3.8) is 0 Å². The standard InChI is InChI=1S/C14H19BrFNO/c1-17-13-4-2-3-5-14(13)18-9-10-8-11(15)6-7-12(10)16/h6-8,13-14,17H,2-5,9H2,1H3. The fraction of sp³-hybridized carbons (Fsp3) is 0.571. The molecule has 18 heavy (non-hydrogen) atoms. The summed E-state index contributed by atoms with van der Waals surface area (Å²) in [6.07, 6.45) is 4.84. The minimum absolute atomic E-state index is 0.196. The molecule has 1 aliphatic rings. The molecule has 0 heterocycles. The monoisotopic (exact) mass is 315 g/mol. The molecule has 1 fully saturated rings. The molecule has 2 rings (SSSR count). The zero-order chi connectivity index (χ0) is 13.0. The summed E-state index contributed by atoms with van der Waals surface area (Å²) < 4.78 is 20.4. The number of hydrogen-bond donors (Lipinski definition) is 1. The molecule has 0 spiro atoms. The van der Waals surface area contributed by atoms with Gasteiger partial charge in [0.05, 0.1) is 12.7 Å². The number of nitrogens with one attached hydrogen (secondary N) is 1. The van der Waals surface area contributed by atoms with Gasteiger partial charge in [-0.2, -0.15) is 0 Å². The van der Waals surface area contributed by atoms with Crippen molar-refractivity contribution < 1.29 is 9.13 Å². The predicted molar refractivity (Wildman–Crippen MR) is 74.0 cm³/mol. The van der Waals surface area contributed by atoms with Gasteiger partial charge in [0.25, 0.3) is 0 Å². The summed E-state index contributed by atoms with van der Waals surface area (Å²) in [6.45, 7) is 0.341. The van der Waals surface area contributed by atoms with Gasteiger partial charge in [-0.25, -0.2) is 4.39 Å². The number of halogens is 2. The first-order chi connectivity index (χ1) is 8.70. The third-order valence-corrected chi connectivity index (χ3v) is 4.03. The lowest BCUT2D eigenvalue weighted by molar-refractivity contribution is -0.00471. The van der Waals surface area contributed by atoms with Gasteiger partial charge >= 0.3 is 0 Å².